The number of rotatable bonds is 8. The monoisotopic (exact) mass is 407 g/mol. The Morgan fingerprint density at radius 1 is 0.800 bits per heavy atom. The summed E-state index contributed by atoms with van der Waals surface area (Å²) in [5.41, 5.74) is 0.811. The van der Waals surface area contributed by atoms with E-state index in [1.807, 2.05) is 30.3 Å². The van der Waals surface area contributed by atoms with Crippen molar-refractivity contribution in [1.29, 1.82) is 0 Å². The van der Waals surface area contributed by atoms with Crippen molar-refractivity contribution >= 4 is 17.6 Å². The second kappa shape index (κ2) is 9.97. The summed E-state index contributed by atoms with van der Waals surface area (Å²) in [6.07, 6.45) is 0. The van der Waals surface area contributed by atoms with E-state index in [1.54, 1.807) is 42.5 Å². The Bertz CT molecular complexity index is 1000. The van der Waals surface area contributed by atoms with Crippen molar-refractivity contribution < 1.29 is 28.5 Å². The molecule has 0 saturated carbocycles. The van der Waals surface area contributed by atoms with Crippen LogP contribution in [0.25, 0.3) is 0 Å². The zero-order valence-corrected chi connectivity index (χ0v) is 16.6. The second-order valence-corrected chi connectivity index (χ2v) is 6.13. The molecule has 3 rings (SSSR count). The first-order valence-electron chi connectivity index (χ1n) is 9.11. The summed E-state index contributed by atoms with van der Waals surface area (Å²) in [5, 5.41) is 2.64. The molecule has 0 bridgehead atoms. The standard InChI is InChI=1S/C23H21NO6/c1-27-20-13-10-17(14-21(20)28-2)24-22(25)15-29-23(26)16-8-11-19(12-9-16)30-18-6-4-3-5-7-18/h3-14H,15H2,1-2H3,(H,24,25). The van der Waals surface area contributed by atoms with E-state index in [0.29, 0.717) is 34.2 Å². The van der Waals surface area contributed by atoms with Crippen LogP contribution < -0.4 is 19.5 Å². The second-order valence-electron chi connectivity index (χ2n) is 6.13. The number of ether oxygens (including phenoxy) is 4. The van der Waals surface area contributed by atoms with Crippen molar-refractivity contribution in [3.8, 4) is 23.0 Å². The summed E-state index contributed by atoms with van der Waals surface area (Å²) in [5.74, 6) is 1.22. The van der Waals surface area contributed by atoms with Crippen LogP contribution in [0.2, 0.25) is 0 Å². The number of esters is 1. The van der Waals surface area contributed by atoms with Gasteiger partial charge in [0.05, 0.1) is 19.8 Å². The number of methoxy groups -OCH3 is 2. The predicted octanol–water partition coefficient (Wildman–Crippen LogP) is 4.29. The lowest BCUT2D eigenvalue weighted by molar-refractivity contribution is -0.119. The fourth-order valence-corrected chi connectivity index (χ4v) is 2.61. The molecule has 1 N–H and O–H groups in total. The number of amides is 1. The zero-order chi connectivity index (χ0) is 21.3. The van der Waals surface area contributed by atoms with Crippen LogP contribution in [0.5, 0.6) is 23.0 Å². The van der Waals surface area contributed by atoms with Crippen molar-refractivity contribution in [2.45, 2.75) is 0 Å². The molecule has 0 fully saturated rings. The molecular weight excluding hydrogens is 386 g/mol. The van der Waals surface area contributed by atoms with Crippen LogP contribution in [0.4, 0.5) is 5.69 Å². The number of anilines is 1. The Hall–Kier alpha value is -4.00. The van der Waals surface area contributed by atoms with Crippen LogP contribution in [0, 0.1) is 0 Å². The van der Waals surface area contributed by atoms with Crippen molar-refractivity contribution in [2.75, 3.05) is 26.1 Å². The largest absolute Gasteiger partial charge is 0.493 e. The van der Waals surface area contributed by atoms with Crippen LogP contribution in [-0.2, 0) is 9.53 Å². The fraction of sp³-hybridized carbons (Fsp3) is 0.130. The molecule has 7 nitrogen and oxygen atoms in total. The van der Waals surface area contributed by atoms with E-state index >= 15 is 0 Å². The first-order valence-corrected chi connectivity index (χ1v) is 9.11. The molecule has 0 radical (unpaired) electrons. The Labute approximate surface area is 174 Å². The Morgan fingerprint density at radius 2 is 1.47 bits per heavy atom. The number of carbonyl (C=O) groups excluding carboxylic acids is 2. The Kier molecular flexibility index (Phi) is 6.89. The number of benzene rings is 3. The van der Waals surface area contributed by atoms with Gasteiger partial charge in [-0.1, -0.05) is 18.2 Å². The van der Waals surface area contributed by atoms with Crippen LogP contribution in [0.3, 0.4) is 0 Å². The van der Waals surface area contributed by atoms with Crippen LogP contribution in [-0.4, -0.2) is 32.7 Å². The van der Waals surface area contributed by atoms with Gasteiger partial charge in [-0.3, -0.25) is 4.79 Å². The van der Waals surface area contributed by atoms with E-state index in [4.69, 9.17) is 18.9 Å². The average Bonchev–Trinajstić information content (AvgIpc) is 2.78. The average molecular weight is 407 g/mol. The van der Waals surface area contributed by atoms with Crippen molar-refractivity contribution in [2.24, 2.45) is 0 Å². The molecule has 1 amide bonds. The maximum Gasteiger partial charge on any atom is 0.338 e. The van der Waals surface area contributed by atoms with E-state index in [0.717, 1.165) is 0 Å². The van der Waals surface area contributed by atoms with E-state index < -0.39 is 18.5 Å². The minimum Gasteiger partial charge on any atom is -0.493 e. The lowest BCUT2D eigenvalue weighted by atomic mass is 10.2. The summed E-state index contributed by atoms with van der Waals surface area (Å²) in [4.78, 5) is 24.3. The molecule has 154 valence electrons. The normalized spacial score (nSPS) is 10.1. The van der Waals surface area contributed by atoms with Gasteiger partial charge in [0, 0.05) is 11.8 Å². The summed E-state index contributed by atoms with van der Waals surface area (Å²) in [6.45, 7) is -0.421. The van der Waals surface area contributed by atoms with Gasteiger partial charge in [0.25, 0.3) is 5.91 Å². The van der Waals surface area contributed by atoms with Gasteiger partial charge in [-0.2, -0.15) is 0 Å². The maximum atomic E-state index is 12.2. The Balaban J connectivity index is 1.52. The van der Waals surface area contributed by atoms with Crippen LogP contribution in [0.15, 0.2) is 72.8 Å². The molecule has 0 aliphatic rings. The highest BCUT2D eigenvalue weighted by Crippen LogP contribution is 2.29. The first-order chi connectivity index (χ1) is 14.6. The smallest absolute Gasteiger partial charge is 0.338 e. The topological polar surface area (TPSA) is 83.1 Å². The quantitative estimate of drug-likeness (QED) is 0.561. The summed E-state index contributed by atoms with van der Waals surface area (Å²) in [7, 11) is 3.03. The van der Waals surface area contributed by atoms with E-state index in [2.05, 4.69) is 5.32 Å². The van der Waals surface area contributed by atoms with Gasteiger partial charge in [0.2, 0.25) is 0 Å². The minimum atomic E-state index is -0.608. The minimum absolute atomic E-state index is 0.314. The summed E-state index contributed by atoms with van der Waals surface area (Å²) >= 11 is 0. The molecule has 0 saturated heterocycles. The maximum absolute atomic E-state index is 12.2. The van der Waals surface area contributed by atoms with Gasteiger partial charge in [0.15, 0.2) is 18.1 Å². The van der Waals surface area contributed by atoms with Crippen molar-refractivity contribution in [3.05, 3.63) is 78.4 Å². The van der Waals surface area contributed by atoms with E-state index in [9.17, 15) is 9.59 Å². The van der Waals surface area contributed by atoms with Gasteiger partial charge >= 0.3 is 5.97 Å². The molecule has 3 aromatic rings. The SMILES string of the molecule is COc1ccc(NC(=O)COC(=O)c2ccc(Oc3ccccc3)cc2)cc1OC. The molecule has 0 aromatic heterocycles. The number of carbonyl (C=O) groups is 2. The number of para-hydroxylation sites is 1. The predicted molar refractivity (Wildman–Crippen MR) is 111 cm³/mol. The summed E-state index contributed by atoms with van der Waals surface area (Å²) in [6, 6.07) is 20.7. The molecule has 0 atom stereocenters. The highest BCUT2D eigenvalue weighted by atomic mass is 16.5. The van der Waals surface area contributed by atoms with Gasteiger partial charge in [-0.15, -0.1) is 0 Å². The fourth-order valence-electron chi connectivity index (χ4n) is 2.61. The summed E-state index contributed by atoms with van der Waals surface area (Å²) < 4.78 is 21.1. The molecule has 0 spiro atoms. The molecule has 30 heavy (non-hydrogen) atoms. The molecule has 0 heterocycles. The molecular formula is C23H21NO6. The van der Waals surface area contributed by atoms with E-state index in [-0.39, 0.29) is 0 Å². The third-order valence-electron chi connectivity index (χ3n) is 4.07. The van der Waals surface area contributed by atoms with Crippen LogP contribution >= 0.6 is 0 Å². The molecule has 0 aliphatic heterocycles. The number of nitrogens with one attached hydrogen (secondary N) is 1. The van der Waals surface area contributed by atoms with Gasteiger partial charge in [-0.05, 0) is 48.5 Å². The third kappa shape index (κ3) is 5.51. The van der Waals surface area contributed by atoms with Crippen molar-refractivity contribution in [1.82, 2.24) is 0 Å². The molecule has 7 heteroatoms. The Morgan fingerprint density at radius 3 is 2.13 bits per heavy atom. The van der Waals surface area contributed by atoms with Gasteiger partial charge < -0.3 is 24.3 Å². The van der Waals surface area contributed by atoms with Crippen molar-refractivity contribution in [3.63, 3.8) is 0 Å². The van der Waals surface area contributed by atoms with Crippen LogP contribution in [0.1, 0.15) is 10.4 Å². The third-order valence-corrected chi connectivity index (χ3v) is 4.07. The van der Waals surface area contributed by atoms with E-state index in [1.165, 1.54) is 14.2 Å². The lowest BCUT2D eigenvalue weighted by Gasteiger charge is -2.11. The lowest BCUT2D eigenvalue weighted by Crippen LogP contribution is -2.20. The van der Waals surface area contributed by atoms with Gasteiger partial charge in [0.1, 0.15) is 11.5 Å². The molecule has 0 aliphatic carbocycles. The highest BCUT2D eigenvalue weighted by Gasteiger charge is 2.12. The number of hydrogen-bond acceptors (Lipinski definition) is 6. The number of hydrogen-bond donors (Lipinski definition) is 1. The van der Waals surface area contributed by atoms with Gasteiger partial charge in [-0.25, -0.2) is 4.79 Å². The molecule has 3 aromatic carbocycles. The zero-order valence-electron chi connectivity index (χ0n) is 16.6. The molecule has 0 unspecified atom stereocenters. The highest BCUT2D eigenvalue weighted by molar-refractivity contribution is 5.95. The first kappa shape index (κ1) is 20.7.